The molecule has 0 aliphatic carbocycles. The normalized spacial score (nSPS) is 16.4. The zero-order chi connectivity index (χ0) is 19.5. The van der Waals surface area contributed by atoms with Gasteiger partial charge >= 0.3 is 0 Å². The molecule has 4 heterocycles. The number of ether oxygens (including phenoxy) is 1. The van der Waals surface area contributed by atoms with Gasteiger partial charge in [0.25, 0.3) is 5.91 Å². The van der Waals surface area contributed by atoms with Crippen molar-refractivity contribution in [3.05, 3.63) is 39.6 Å². The van der Waals surface area contributed by atoms with Crippen LogP contribution in [0.2, 0.25) is 0 Å². The number of amides is 1. The Bertz CT molecular complexity index is 978. The lowest BCUT2D eigenvalue weighted by molar-refractivity contribution is 0.102. The smallest absolute Gasteiger partial charge is 0.269 e. The number of pyridine rings is 1. The first-order valence-electron chi connectivity index (χ1n) is 9.33. The molecule has 7 nitrogen and oxygen atoms in total. The van der Waals surface area contributed by atoms with E-state index in [1.165, 1.54) is 22.7 Å². The SMILES string of the molecule is CCCc1cc(-c2nc(C)c(C(=O)Nc3nnc([C@@H]4CCCO4)s3)s2)ccn1. The predicted molar refractivity (Wildman–Crippen MR) is 110 cm³/mol. The fourth-order valence-corrected chi connectivity index (χ4v) is 4.86. The molecule has 0 bridgehead atoms. The van der Waals surface area contributed by atoms with Gasteiger partial charge in [-0.1, -0.05) is 24.7 Å². The third-order valence-corrected chi connectivity index (χ3v) is 6.57. The highest BCUT2D eigenvalue weighted by molar-refractivity contribution is 7.17. The minimum atomic E-state index is -0.209. The van der Waals surface area contributed by atoms with E-state index in [4.69, 9.17) is 4.74 Å². The van der Waals surface area contributed by atoms with E-state index in [1.807, 2.05) is 19.1 Å². The third kappa shape index (κ3) is 4.11. The lowest BCUT2D eigenvalue weighted by atomic mass is 10.2. The highest BCUT2D eigenvalue weighted by Gasteiger charge is 2.23. The molecular weight excluding hydrogens is 394 g/mol. The van der Waals surface area contributed by atoms with Crippen LogP contribution in [0.1, 0.15) is 58.4 Å². The van der Waals surface area contributed by atoms with Gasteiger partial charge in [-0.2, -0.15) is 0 Å². The number of carbonyl (C=O) groups excluding carboxylic acids is 1. The Labute approximate surface area is 171 Å². The van der Waals surface area contributed by atoms with E-state index < -0.39 is 0 Å². The van der Waals surface area contributed by atoms with Gasteiger partial charge in [0, 0.05) is 24.1 Å². The van der Waals surface area contributed by atoms with Crippen LogP contribution in [0.25, 0.3) is 10.6 Å². The Morgan fingerprint density at radius 3 is 3.04 bits per heavy atom. The van der Waals surface area contributed by atoms with Crippen LogP contribution >= 0.6 is 22.7 Å². The summed E-state index contributed by atoms with van der Waals surface area (Å²) in [4.78, 5) is 22.3. The van der Waals surface area contributed by atoms with Crippen LogP contribution in [0.5, 0.6) is 0 Å². The topological polar surface area (TPSA) is 89.9 Å². The van der Waals surface area contributed by atoms with Crippen molar-refractivity contribution in [3.8, 4) is 10.6 Å². The maximum atomic E-state index is 12.7. The number of rotatable bonds is 6. The molecule has 0 radical (unpaired) electrons. The number of aryl methyl sites for hydroxylation is 2. The lowest BCUT2D eigenvalue weighted by Crippen LogP contribution is -2.11. The van der Waals surface area contributed by atoms with Crippen LogP contribution in [-0.2, 0) is 11.2 Å². The van der Waals surface area contributed by atoms with Crippen LogP contribution in [0.3, 0.4) is 0 Å². The first kappa shape index (κ1) is 19.1. The first-order chi connectivity index (χ1) is 13.6. The Kier molecular flexibility index (Phi) is 5.74. The molecule has 0 saturated carbocycles. The highest BCUT2D eigenvalue weighted by Crippen LogP contribution is 2.33. The van der Waals surface area contributed by atoms with Crippen LogP contribution in [0.15, 0.2) is 18.3 Å². The second kappa shape index (κ2) is 8.42. The number of hydrogen-bond acceptors (Lipinski definition) is 8. The molecule has 3 aromatic heterocycles. The molecule has 28 heavy (non-hydrogen) atoms. The van der Waals surface area contributed by atoms with E-state index in [2.05, 4.69) is 32.4 Å². The summed E-state index contributed by atoms with van der Waals surface area (Å²) >= 11 is 2.75. The number of anilines is 1. The predicted octanol–water partition coefficient (Wildman–Crippen LogP) is 4.42. The van der Waals surface area contributed by atoms with Crippen LogP contribution in [0, 0.1) is 6.92 Å². The molecule has 0 aromatic carbocycles. The standard InChI is InChI=1S/C19H21N5O2S2/c1-3-5-13-10-12(7-8-20-13)17-21-11(2)15(27-17)16(25)22-19-24-23-18(28-19)14-6-4-9-26-14/h7-8,10,14H,3-6,9H2,1-2H3,(H,22,24,25)/t14-/m0/s1. The third-order valence-electron chi connectivity index (χ3n) is 4.44. The van der Waals surface area contributed by atoms with Gasteiger partial charge in [0.05, 0.1) is 5.69 Å². The maximum Gasteiger partial charge on any atom is 0.269 e. The van der Waals surface area contributed by atoms with Crippen molar-refractivity contribution in [1.82, 2.24) is 20.2 Å². The average molecular weight is 416 g/mol. The summed E-state index contributed by atoms with van der Waals surface area (Å²) in [5.74, 6) is -0.209. The largest absolute Gasteiger partial charge is 0.371 e. The second-order valence-corrected chi connectivity index (χ2v) is 8.63. The van der Waals surface area contributed by atoms with Crippen molar-refractivity contribution < 1.29 is 9.53 Å². The summed E-state index contributed by atoms with van der Waals surface area (Å²) < 4.78 is 5.62. The quantitative estimate of drug-likeness (QED) is 0.641. The van der Waals surface area contributed by atoms with Gasteiger partial charge in [0.1, 0.15) is 21.0 Å². The molecule has 1 aliphatic heterocycles. The number of carbonyl (C=O) groups is 1. The van der Waals surface area contributed by atoms with E-state index in [1.54, 1.807) is 6.20 Å². The van der Waals surface area contributed by atoms with Crippen molar-refractivity contribution in [1.29, 1.82) is 0 Å². The Balaban J connectivity index is 1.50. The van der Waals surface area contributed by atoms with E-state index in [0.29, 0.717) is 15.7 Å². The highest BCUT2D eigenvalue weighted by atomic mass is 32.1. The molecule has 1 aliphatic rings. The molecule has 0 spiro atoms. The Morgan fingerprint density at radius 2 is 2.25 bits per heavy atom. The molecule has 9 heteroatoms. The second-order valence-electron chi connectivity index (χ2n) is 6.62. The van der Waals surface area contributed by atoms with Gasteiger partial charge < -0.3 is 4.74 Å². The Hall–Kier alpha value is -2.23. The van der Waals surface area contributed by atoms with E-state index in [-0.39, 0.29) is 12.0 Å². The van der Waals surface area contributed by atoms with E-state index in [9.17, 15) is 4.79 Å². The van der Waals surface area contributed by atoms with E-state index >= 15 is 0 Å². The van der Waals surface area contributed by atoms with E-state index in [0.717, 1.165) is 53.6 Å². The summed E-state index contributed by atoms with van der Waals surface area (Å²) in [6, 6.07) is 3.97. The summed E-state index contributed by atoms with van der Waals surface area (Å²) in [5.41, 5.74) is 2.73. The summed E-state index contributed by atoms with van der Waals surface area (Å²) in [7, 11) is 0. The zero-order valence-corrected chi connectivity index (χ0v) is 17.4. The van der Waals surface area contributed by atoms with Crippen molar-refractivity contribution in [3.63, 3.8) is 0 Å². The monoisotopic (exact) mass is 415 g/mol. The summed E-state index contributed by atoms with van der Waals surface area (Å²) in [5, 5.41) is 13.2. The minimum absolute atomic E-state index is 0.00361. The average Bonchev–Trinajstić information content (AvgIpc) is 3.42. The maximum absolute atomic E-state index is 12.7. The number of aromatic nitrogens is 4. The molecule has 1 saturated heterocycles. The molecule has 3 aromatic rings. The fraction of sp³-hybridized carbons (Fsp3) is 0.421. The number of hydrogen-bond donors (Lipinski definition) is 1. The molecule has 1 N–H and O–H groups in total. The van der Waals surface area contributed by atoms with Crippen molar-refractivity contribution in [2.75, 3.05) is 11.9 Å². The minimum Gasteiger partial charge on any atom is -0.371 e. The number of thiazole rings is 1. The molecule has 146 valence electrons. The van der Waals surface area contributed by atoms with Gasteiger partial charge in [-0.15, -0.1) is 21.5 Å². The van der Waals surface area contributed by atoms with Crippen LogP contribution < -0.4 is 5.32 Å². The first-order valence-corrected chi connectivity index (χ1v) is 11.0. The molecular formula is C19H21N5O2S2. The van der Waals surface area contributed by atoms with Crippen LogP contribution in [0.4, 0.5) is 5.13 Å². The van der Waals surface area contributed by atoms with Crippen molar-refractivity contribution in [2.45, 2.75) is 45.6 Å². The number of nitrogens with zero attached hydrogens (tertiary/aromatic N) is 4. The zero-order valence-electron chi connectivity index (χ0n) is 15.8. The molecule has 1 amide bonds. The molecule has 0 unspecified atom stereocenters. The Morgan fingerprint density at radius 1 is 1.36 bits per heavy atom. The molecule has 1 atom stereocenters. The molecule has 1 fully saturated rings. The summed E-state index contributed by atoms with van der Waals surface area (Å²) in [6.07, 6.45) is 5.75. The van der Waals surface area contributed by atoms with Gasteiger partial charge in [-0.3, -0.25) is 15.1 Å². The number of nitrogens with one attached hydrogen (secondary N) is 1. The van der Waals surface area contributed by atoms with Gasteiger partial charge in [-0.25, -0.2) is 4.98 Å². The lowest BCUT2D eigenvalue weighted by Gasteiger charge is -2.02. The van der Waals surface area contributed by atoms with Crippen molar-refractivity contribution in [2.24, 2.45) is 0 Å². The van der Waals surface area contributed by atoms with Gasteiger partial charge in [0.15, 0.2) is 0 Å². The van der Waals surface area contributed by atoms with Crippen molar-refractivity contribution >= 4 is 33.7 Å². The van der Waals surface area contributed by atoms with Gasteiger partial charge in [0.2, 0.25) is 5.13 Å². The summed E-state index contributed by atoms with van der Waals surface area (Å²) in [6.45, 7) is 4.73. The van der Waals surface area contributed by atoms with Crippen LogP contribution in [-0.4, -0.2) is 32.7 Å². The molecule has 4 rings (SSSR count). The fourth-order valence-electron chi connectivity index (χ4n) is 3.08. The van der Waals surface area contributed by atoms with Gasteiger partial charge in [-0.05, 0) is 38.3 Å².